The molecule has 27 heavy (non-hydrogen) atoms. The fourth-order valence-electron chi connectivity index (χ4n) is 2.21. The maximum Gasteiger partial charge on any atom is 0.430 e. The van der Waals surface area contributed by atoms with Crippen molar-refractivity contribution in [3.05, 3.63) is 23.9 Å². The summed E-state index contributed by atoms with van der Waals surface area (Å²) >= 11 is 0. The van der Waals surface area contributed by atoms with Gasteiger partial charge in [-0.2, -0.15) is 28.1 Å². The van der Waals surface area contributed by atoms with Crippen LogP contribution in [0.3, 0.4) is 0 Å². The molecule has 1 atom stereocenters. The number of hydrogen-bond donors (Lipinski definition) is 3. The summed E-state index contributed by atoms with van der Waals surface area (Å²) in [5, 5.41) is 14.0. The molecular weight excluding hydrogens is 380 g/mol. The molecule has 0 bridgehead atoms. The van der Waals surface area contributed by atoms with Crippen molar-refractivity contribution < 1.29 is 31.4 Å². The molecule has 1 aliphatic rings. The van der Waals surface area contributed by atoms with Crippen LogP contribution < -0.4 is 10.6 Å². The van der Waals surface area contributed by atoms with Crippen LogP contribution in [0.4, 0.5) is 38.2 Å². The van der Waals surface area contributed by atoms with Crippen LogP contribution in [-0.2, 0) is 0 Å². The summed E-state index contributed by atoms with van der Waals surface area (Å²) in [6.45, 7) is 6.20. The lowest BCUT2D eigenvalue weighted by atomic mass is 9.92. The second kappa shape index (κ2) is 7.33. The van der Waals surface area contributed by atoms with E-state index >= 15 is 0 Å². The Balaban J connectivity index is 2.48. The van der Waals surface area contributed by atoms with Gasteiger partial charge in [-0.1, -0.05) is 6.58 Å². The van der Waals surface area contributed by atoms with Gasteiger partial charge in [0.05, 0.1) is 0 Å². The molecule has 1 aromatic heterocycles. The average Bonchev–Trinajstić information content (AvgIpc) is 2.51. The standard InChI is InChI=1S/C15H17F6N5O/c1-6(2)22-12-24-11(8-4-5-14(17,18)10(27)9(8)16)25-13(26-12)23-7(3)15(19,20)21/h6,10,27H,3-5H2,1-2H3,(H2,22,23,24,25,26). The first kappa shape index (κ1) is 20.9. The molecule has 1 aromatic rings. The second-order valence-electron chi connectivity index (χ2n) is 6.20. The van der Waals surface area contributed by atoms with E-state index in [2.05, 4.69) is 26.8 Å². The van der Waals surface area contributed by atoms with Gasteiger partial charge in [0.25, 0.3) is 5.92 Å². The second-order valence-corrected chi connectivity index (χ2v) is 6.20. The number of aliphatic hydroxyl groups excluding tert-OH is 1. The number of aromatic nitrogens is 3. The summed E-state index contributed by atoms with van der Waals surface area (Å²) in [5.74, 6) is -6.45. The number of allylic oxidation sites excluding steroid dienone is 2. The van der Waals surface area contributed by atoms with E-state index in [-0.39, 0.29) is 12.0 Å². The largest absolute Gasteiger partial charge is 0.430 e. The molecular formula is C15H17F6N5O. The van der Waals surface area contributed by atoms with E-state index < -0.39 is 59.9 Å². The Hall–Kier alpha value is -2.37. The normalized spacial score (nSPS) is 20.0. The molecule has 1 heterocycles. The number of halogens is 6. The van der Waals surface area contributed by atoms with Crippen molar-refractivity contribution in [2.45, 2.75) is 50.9 Å². The van der Waals surface area contributed by atoms with Crippen molar-refractivity contribution in [2.24, 2.45) is 0 Å². The lowest BCUT2D eigenvalue weighted by Crippen LogP contribution is -2.37. The SMILES string of the molecule is C=C(Nc1nc(NC(C)C)nc(C2=C(F)C(O)C(F)(F)CC2)n1)C(F)(F)F. The zero-order valence-corrected chi connectivity index (χ0v) is 14.3. The molecule has 0 fully saturated rings. The van der Waals surface area contributed by atoms with E-state index in [1.807, 2.05) is 5.32 Å². The van der Waals surface area contributed by atoms with Crippen LogP contribution in [0.25, 0.3) is 5.57 Å². The van der Waals surface area contributed by atoms with Gasteiger partial charge in [-0.05, 0) is 20.3 Å². The van der Waals surface area contributed by atoms with Crippen molar-refractivity contribution in [1.82, 2.24) is 15.0 Å². The van der Waals surface area contributed by atoms with Crippen LogP contribution in [0.2, 0.25) is 0 Å². The van der Waals surface area contributed by atoms with Gasteiger partial charge in [-0.3, -0.25) is 0 Å². The molecule has 3 N–H and O–H groups in total. The Morgan fingerprint density at radius 3 is 2.37 bits per heavy atom. The molecule has 0 aromatic carbocycles. The number of anilines is 2. The van der Waals surface area contributed by atoms with Crippen LogP contribution in [0.15, 0.2) is 18.1 Å². The summed E-state index contributed by atoms with van der Waals surface area (Å²) in [4.78, 5) is 11.3. The molecule has 6 nitrogen and oxygen atoms in total. The third-order valence-electron chi connectivity index (χ3n) is 3.56. The smallest absolute Gasteiger partial charge is 0.380 e. The van der Waals surface area contributed by atoms with Gasteiger partial charge in [0.1, 0.15) is 11.5 Å². The molecule has 0 amide bonds. The Morgan fingerprint density at radius 2 is 1.81 bits per heavy atom. The highest BCUT2D eigenvalue weighted by Gasteiger charge is 2.46. The minimum atomic E-state index is -4.79. The molecule has 1 aliphatic carbocycles. The van der Waals surface area contributed by atoms with Gasteiger partial charge < -0.3 is 15.7 Å². The van der Waals surface area contributed by atoms with Crippen molar-refractivity contribution in [2.75, 3.05) is 10.6 Å². The van der Waals surface area contributed by atoms with Crippen LogP contribution in [0, 0.1) is 0 Å². The first-order valence-corrected chi connectivity index (χ1v) is 7.82. The van der Waals surface area contributed by atoms with Crippen molar-refractivity contribution in [3.63, 3.8) is 0 Å². The lowest BCUT2D eigenvalue weighted by molar-refractivity contribution is -0.107. The van der Waals surface area contributed by atoms with E-state index in [9.17, 15) is 31.4 Å². The first-order valence-electron chi connectivity index (χ1n) is 7.82. The Morgan fingerprint density at radius 1 is 1.22 bits per heavy atom. The van der Waals surface area contributed by atoms with Crippen molar-refractivity contribution in [3.8, 4) is 0 Å². The molecule has 150 valence electrons. The zero-order chi connectivity index (χ0) is 20.6. The van der Waals surface area contributed by atoms with E-state index in [0.717, 1.165) is 0 Å². The van der Waals surface area contributed by atoms with Gasteiger partial charge in [0.15, 0.2) is 11.9 Å². The van der Waals surface area contributed by atoms with Crippen LogP contribution in [0.5, 0.6) is 0 Å². The fourth-order valence-corrected chi connectivity index (χ4v) is 2.21. The Kier molecular flexibility index (Phi) is 5.68. The van der Waals surface area contributed by atoms with E-state index in [1.54, 1.807) is 13.8 Å². The van der Waals surface area contributed by atoms with Crippen molar-refractivity contribution in [1.29, 1.82) is 0 Å². The quantitative estimate of drug-likeness (QED) is 0.658. The van der Waals surface area contributed by atoms with E-state index in [4.69, 9.17) is 0 Å². The van der Waals surface area contributed by atoms with Gasteiger partial charge >= 0.3 is 6.18 Å². The molecule has 0 radical (unpaired) electrons. The molecule has 12 heteroatoms. The Bertz CT molecular complexity index is 762. The summed E-state index contributed by atoms with van der Waals surface area (Å²) in [7, 11) is 0. The third-order valence-corrected chi connectivity index (χ3v) is 3.56. The predicted octanol–water partition coefficient (Wildman–Crippen LogP) is 3.65. The highest BCUT2D eigenvalue weighted by molar-refractivity contribution is 5.66. The van der Waals surface area contributed by atoms with Gasteiger partial charge in [0, 0.05) is 18.0 Å². The van der Waals surface area contributed by atoms with Crippen molar-refractivity contribution >= 4 is 17.5 Å². The lowest BCUT2D eigenvalue weighted by Gasteiger charge is -2.27. The molecule has 0 saturated heterocycles. The topological polar surface area (TPSA) is 83.0 Å². The molecule has 2 rings (SSSR count). The first-order chi connectivity index (χ1) is 12.3. The monoisotopic (exact) mass is 397 g/mol. The average molecular weight is 397 g/mol. The maximum absolute atomic E-state index is 14.2. The minimum absolute atomic E-state index is 0.195. The minimum Gasteiger partial charge on any atom is -0.380 e. The van der Waals surface area contributed by atoms with Gasteiger partial charge in [-0.15, -0.1) is 0 Å². The Labute approximate surface area is 150 Å². The number of nitrogens with zero attached hydrogens (tertiary/aromatic N) is 3. The number of aliphatic hydroxyl groups is 1. The maximum atomic E-state index is 14.2. The van der Waals surface area contributed by atoms with Crippen LogP contribution >= 0.6 is 0 Å². The number of alkyl halides is 5. The number of hydrogen-bond acceptors (Lipinski definition) is 6. The summed E-state index contributed by atoms with van der Waals surface area (Å²) in [6.07, 6.45) is -8.85. The molecule has 1 unspecified atom stereocenters. The number of nitrogens with one attached hydrogen (secondary N) is 2. The number of rotatable bonds is 5. The fraction of sp³-hybridized carbons (Fsp3) is 0.533. The highest BCUT2D eigenvalue weighted by atomic mass is 19.4. The third kappa shape index (κ3) is 4.87. The predicted molar refractivity (Wildman–Crippen MR) is 85.6 cm³/mol. The van der Waals surface area contributed by atoms with Crippen LogP contribution in [-0.4, -0.2) is 44.3 Å². The summed E-state index contributed by atoms with van der Waals surface area (Å²) in [5.41, 5.74) is -1.80. The van der Waals surface area contributed by atoms with E-state index in [1.165, 1.54) is 0 Å². The highest BCUT2D eigenvalue weighted by Crippen LogP contribution is 2.41. The van der Waals surface area contributed by atoms with E-state index in [0.29, 0.717) is 0 Å². The molecule has 0 aliphatic heterocycles. The van der Waals surface area contributed by atoms with Gasteiger partial charge in [-0.25, -0.2) is 13.2 Å². The zero-order valence-electron chi connectivity index (χ0n) is 14.3. The molecule has 0 saturated carbocycles. The summed E-state index contributed by atoms with van der Waals surface area (Å²) < 4.78 is 79.1. The van der Waals surface area contributed by atoms with Gasteiger partial charge in [0.2, 0.25) is 11.9 Å². The van der Waals surface area contributed by atoms with Crippen LogP contribution in [0.1, 0.15) is 32.5 Å². The summed E-state index contributed by atoms with van der Waals surface area (Å²) in [6, 6.07) is -0.237. The molecule has 0 spiro atoms.